The maximum atomic E-state index is 13.1. The zero-order chi connectivity index (χ0) is 18.8. The lowest BCUT2D eigenvalue weighted by Crippen LogP contribution is -2.45. The fourth-order valence-electron chi connectivity index (χ4n) is 4.10. The van der Waals surface area contributed by atoms with Crippen molar-refractivity contribution in [2.75, 3.05) is 0 Å². The van der Waals surface area contributed by atoms with Gasteiger partial charge in [-0.15, -0.1) is 0 Å². The Balaban J connectivity index is 1.70. The summed E-state index contributed by atoms with van der Waals surface area (Å²) in [6.45, 7) is 2.03. The average molecular weight is 362 g/mol. The first-order valence-electron chi connectivity index (χ1n) is 9.04. The molecule has 0 unspecified atom stereocenters. The van der Waals surface area contributed by atoms with Crippen molar-refractivity contribution in [3.8, 4) is 0 Å². The summed E-state index contributed by atoms with van der Waals surface area (Å²) in [6.07, 6.45) is 0.638. The molecule has 27 heavy (non-hydrogen) atoms. The Morgan fingerprint density at radius 1 is 1.26 bits per heavy atom. The number of carbonyl (C=O) groups excluding carboxylic acids is 1. The van der Waals surface area contributed by atoms with Crippen LogP contribution in [0.4, 0.5) is 0 Å². The topological polar surface area (TPSA) is 81.4 Å². The molecule has 0 fully saturated rings. The molecule has 1 aromatic carbocycles. The number of aliphatic hydroxyl groups is 1. The SMILES string of the molecule is CC[C@@]1(O)C(=O)OCc2c1cc1n(c2=O)Cc2cc3ccccc3nc2C1. The molecule has 1 atom stereocenters. The van der Waals surface area contributed by atoms with Gasteiger partial charge in [0.1, 0.15) is 6.61 Å². The largest absolute Gasteiger partial charge is 0.458 e. The van der Waals surface area contributed by atoms with Crippen LogP contribution in [0.15, 0.2) is 41.2 Å². The van der Waals surface area contributed by atoms with Gasteiger partial charge in [0.15, 0.2) is 5.60 Å². The number of para-hydroxylation sites is 1. The minimum Gasteiger partial charge on any atom is -0.458 e. The van der Waals surface area contributed by atoms with Crippen LogP contribution < -0.4 is 5.56 Å². The molecule has 0 aliphatic carbocycles. The number of pyridine rings is 2. The lowest BCUT2D eigenvalue weighted by molar-refractivity contribution is -0.172. The van der Waals surface area contributed by atoms with Gasteiger partial charge in [-0.1, -0.05) is 25.1 Å². The van der Waals surface area contributed by atoms with E-state index in [0.29, 0.717) is 24.1 Å². The normalized spacial score (nSPS) is 20.6. The molecule has 0 amide bonds. The van der Waals surface area contributed by atoms with Crippen molar-refractivity contribution in [1.82, 2.24) is 9.55 Å². The number of nitrogens with zero attached hydrogens (tertiary/aromatic N) is 2. The Hall–Kier alpha value is -2.99. The lowest BCUT2D eigenvalue weighted by atomic mass is 9.85. The van der Waals surface area contributed by atoms with Gasteiger partial charge in [-0.05, 0) is 30.2 Å². The molecule has 0 bridgehead atoms. The number of hydrogen-bond donors (Lipinski definition) is 1. The average Bonchev–Trinajstić information content (AvgIpc) is 2.68. The van der Waals surface area contributed by atoms with Gasteiger partial charge in [0.2, 0.25) is 0 Å². The number of rotatable bonds is 1. The Labute approximate surface area is 155 Å². The molecule has 0 radical (unpaired) electrons. The summed E-state index contributed by atoms with van der Waals surface area (Å²) in [5.74, 6) is -0.692. The maximum Gasteiger partial charge on any atom is 0.343 e. The van der Waals surface area contributed by atoms with Crippen molar-refractivity contribution in [1.29, 1.82) is 0 Å². The van der Waals surface area contributed by atoms with Crippen LogP contribution >= 0.6 is 0 Å². The maximum absolute atomic E-state index is 13.1. The van der Waals surface area contributed by atoms with Crippen LogP contribution in [0.2, 0.25) is 0 Å². The van der Waals surface area contributed by atoms with Crippen LogP contribution in [-0.2, 0) is 34.7 Å². The highest BCUT2D eigenvalue weighted by Crippen LogP contribution is 2.35. The smallest absolute Gasteiger partial charge is 0.343 e. The lowest BCUT2D eigenvalue weighted by Gasteiger charge is -2.33. The van der Waals surface area contributed by atoms with E-state index in [0.717, 1.165) is 27.9 Å². The van der Waals surface area contributed by atoms with E-state index in [4.69, 9.17) is 9.72 Å². The van der Waals surface area contributed by atoms with E-state index in [2.05, 4.69) is 6.07 Å². The second kappa shape index (κ2) is 5.50. The Morgan fingerprint density at radius 2 is 2.07 bits per heavy atom. The van der Waals surface area contributed by atoms with Crippen LogP contribution in [0.1, 0.15) is 41.4 Å². The first-order chi connectivity index (χ1) is 13.0. The fraction of sp³-hybridized carbons (Fsp3) is 0.286. The molecule has 1 N–H and O–H groups in total. The molecular formula is C21H18N2O4. The van der Waals surface area contributed by atoms with E-state index in [1.807, 2.05) is 24.3 Å². The number of carbonyl (C=O) groups is 1. The summed E-state index contributed by atoms with van der Waals surface area (Å²) in [7, 11) is 0. The molecule has 3 aromatic rings. The molecule has 2 aliphatic rings. The van der Waals surface area contributed by atoms with Crippen LogP contribution in [0.25, 0.3) is 10.9 Å². The van der Waals surface area contributed by atoms with Gasteiger partial charge in [-0.3, -0.25) is 9.78 Å². The Morgan fingerprint density at radius 3 is 2.89 bits per heavy atom. The number of esters is 1. The number of ether oxygens (including phenoxy) is 1. The zero-order valence-corrected chi connectivity index (χ0v) is 14.9. The van der Waals surface area contributed by atoms with Crippen LogP contribution in [0, 0.1) is 0 Å². The van der Waals surface area contributed by atoms with Gasteiger partial charge in [0.25, 0.3) is 5.56 Å². The van der Waals surface area contributed by atoms with Crippen molar-refractivity contribution in [3.63, 3.8) is 0 Å². The molecule has 0 saturated carbocycles. The highest BCUT2D eigenvalue weighted by Gasteiger charge is 2.44. The first kappa shape index (κ1) is 16.2. The summed E-state index contributed by atoms with van der Waals surface area (Å²) in [5, 5.41) is 11.9. The third kappa shape index (κ3) is 2.20. The molecule has 2 aromatic heterocycles. The summed E-state index contributed by atoms with van der Waals surface area (Å²) >= 11 is 0. The van der Waals surface area contributed by atoms with Gasteiger partial charge in [0, 0.05) is 23.1 Å². The van der Waals surface area contributed by atoms with E-state index in [9.17, 15) is 14.7 Å². The molecule has 5 rings (SSSR count). The minimum absolute atomic E-state index is 0.0988. The van der Waals surface area contributed by atoms with Gasteiger partial charge >= 0.3 is 5.97 Å². The summed E-state index contributed by atoms with van der Waals surface area (Å²) in [4.78, 5) is 30.0. The Bertz CT molecular complexity index is 1180. The quantitative estimate of drug-likeness (QED) is 0.524. The molecule has 0 saturated heterocycles. The van der Waals surface area contributed by atoms with Crippen molar-refractivity contribution >= 4 is 16.9 Å². The monoisotopic (exact) mass is 362 g/mol. The standard InChI is InChI=1S/C21H18N2O4/c1-2-21(26)16-8-14-9-18-13(7-12-5-3-4-6-17(12)22-18)10-23(14)19(24)15(16)11-27-20(21)25/h3-8,26H,2,9-11H2,1H3/t21-/m0/s1. The summed E-state index contributed by atoms with van der Waals surface area (Å²) in [6, 6.07) is 11.8. The second-order valence-electron chi connectivity index (χ2n) is 7.17. The van der Waals surface area contributed by atoms with E-state index >= 15 is 0 Å². The highest BCUT2D eigenvalue weighted by molar-refractivity contribution is 5.83. The molecule has 6 nitrogen and oxygen atoms in total. The zero-order valence-electron chi connectivity index (χ0n) is 14.9. The number of aromatic nitrogens is 2. The molecular weight excluding hydrogens is 344 g/mol. The fourth-order valence-corrected chi connectivity index (χ4v) is 4.10. The van der Waals surface area contributed by atoms with Gasteiger partial charge in [-0.2, -0.15) is 0 Å². The first-order valence-corrected chi connectivity index (χ1v) is 9.04. The summed E-state index contributed by atoms with van der Waals surface area (Å²) < 4.78 is 6.80. The van der Waals surface area contributed by atoms with Crippen LogP contribution in [0.5, 0.6) is 0 Å². The number of benzene rings is 1. The number of cyclic esters (lactones) is 1. The van der Waals surface area contributed by atoms with Gasteiger partial charge in [-0.25, -0.2) is 4.79 Å². The van der Waals surface area contributed by atoms with E-state index in [1.54, 1.807) is 17.6 Å². The molecule has 136 valence electrons. The van der Waals surface area contributed by atoms with Crippen molar-refractivity contribution in [2.45, 2.75) is 38.5 Å². The Kier molecular flexibility index (Phi) is 3.30. The van der Waals surface area contributed by atoms with Crippen LogP contribution in [-0.4, -0.2) is 20.6 Å². The predicted octanol–water partition coefficient (Wildman–Crippen LogP) is 2.00. The minimum atomic E-state index is -1.76. The third-order valence-corrected chi connectivity index (χ3v) is 5.70. The summed E-state index contributed by atoms with van der Waals surface area (Å²) in [5.41, 5.74) is 2.38. The molecule has 0 spiro atoms. The number of fused-ring (bicyclic) bond motifs is 4. The van der Waals surface area contributed by atoms with E-state index in [1.165, 1.54) is 0 Å². The molecule has 2 aliphatic heterocycles. The predicted molar refractivity (Wildman–Crippen MR) is 98.3 cm³/mol. The highest BCUT2D eigenvalue weighted by atomic mass is 16.6. The van der Waals surface area contributed by atoms with Crippen molar-refractivity contribution < 1.29 is 14.6 Å². The third-order valence-electron chi connectivity index (χ3n) is 5.70. The van der Waals surface area contributed by atoms with Crippen LogP contribution in [0.3, 0.4) is 0 Å². The van der Waals surface area contributed by atoms with Crippen molar-refractivity contribution in [3.05, 3.63) is 74.8 Å². The van der Waals surface area contributed by atoms with E-state index < -0.39 is 11.6 Å². The van der Waals surface area contributed by atoms with Gasteiger partial charge < -0.3 is 14.4 Å². The second-order valence-corrected chi connectivity index (χ2v) is 7.17. The number of hydrogen-bond acceptors (Lipinski definition) is 5. The van der Waals surface area contributed by atoms with Gasteiger partial charge in [0.05, 0.1) is 23.3 Å². The molecule has 6 heteroatoms. The van der Waals surface area contributed by atoms with E-state index in [-0.39, 0.29) is 18.6 Å². The molecule has 4 heterocycles. The van der Waals surface area contributed by atoms with Crippen molar-refractivity contribution in [2.24, 2.45) is 0 Å².